The van der Waals surface area contributed by atoms with Gasteiger partial charge < -0.3 is 19.6 Å². The van der Waals surface area contributed by atoms with Crippen LogP contribution in [0.5, 0.6) is 0 Å². The molecule has 3 fully saturated rings. The zero-order chi connectivity index (χ0) is 28.2. The lowest BCUT2D eigenvalue weighted by atomic mass is 9.76. The summed E-state index contributed by atoms with van der Waals surface area (Å²) >= 11 is 0. The van der Waals surface area contributed by atoms with Crippen molar-refractivity contribution in [2.24, 2.45) is 12.5 Å². The van der Waals surface area contributed by atoms with Gasteiger partial charge in [-0.1, -0.05) is 43.5 Å². The number of carboxylic acids is 1. The molecule has 9 nitrogen and oxygen atoms in total. The van der Waals surface area contributed by atoms with Gasteiger partial charge in [0.15, 0.2) is 0 Å². The van der Waals surface area contributed by atoms with Crippen molar-refractivity contribution in [2.75, 3.05) is 19.6 Å². The molecule has 2 N–H and O–H groups in total. The van der Waals surface area contributed by atoms with E-state index in [0.29, 0.717) is 13.1 Å². The fourth-order valence-electron chi connectivity index (χ4n) is 7.48. The first-order chi connectivity index (χ1) is 20.0. The number of hydrogen-bond donors (Lipinski definition) is 2. The lowest BCUT2D eigenvalue weighted by molar-refractivity contribution is -0.142. The molecule has 220 valence electrons. The fourth-order valence-corrected chi connectivity index (χ4v) is 7.48. The third-order valence-corrected chi connectivity index (χ3v) is 9.87. The van der Waals surface area contributed by atoms with Gasteiger partial charge in [-0.05, 0) is 61.7 Å². The summed E-state index contributed by atoms with van der Waals surface area (Å²) in [4.78, 5) is 31.8. The molecule has 0 radical (unpaired) electrons. The number of likely N-dealkylation sites (tertiary alicyclic amines) is 2. The van der Waals surface area contributed by atoms with Crippen LogP contribution < -0.4 is 0 Å². The molecular formula is C32H45N7O2. The number of aromatic amines is 1. The molecule has 41 heavy (non-hydrogen) atoms. The Kier molecular flexibility index (Phi) is 8.55. The minimum atomic E-state index is -0.670. The van der Waals surface area contributed by atoms with Gasteiger partial charge in [0.25, 0.3) is 0 Å². The van der Waals surface area contributed by atoms with E-state index in [-0.39, 0.29) is 5.41 Å². The Morgan fingerprint density at radius 1 is 1.02 bits per heavy atom. The van der Waals surface area contributed by atoms with Gasteiger partial charge in [0.2, 0.25) is 0 Å². The molecular weight excluding hydrogens is 514 g/mol. The van der Waals surface area contributed by atoms with Gasteiger partial charge in [-0.25, -0.2) is 9.97 Å². The third-order valence-electron chi connectivity index (χ3n) is 9.87. The van der Waals surface area contributed by atoms with E-state index in [2.05, 4.69) is 58.5 Å². The molecule has 1 atom stereocenters. The van der Waals surface area contributed by atoms with Gasteiger partial charge in [-0.15, -0.1) is 0 Å². The highest BCUT2D eigenvalue weighted by Gasteiger charge is 2.48. The quantitative estimate of drug-likeness (QED) is 0.380. The van der Waals surface area contributed by atoms with Crippen LogP contribution in [0.3, 0.4) is 0 Å². The van der Waals surface area contributed by atoms with Crippen LogP contribution in [0.4, 0.5) is 0 Å². The van der Waals surface area contributed by atoms with Crippen molar-refractivity contribution in [3.63, 3.8) is 0 Å². The summed E-state index contributed by atoms with van der Waals surface area (Å²) in [5.74, 6) is 1.28. The number of imidazole rings is 2. The standard InChI is InChI=1S/C32H45N7O2/c1-36-18-15-35-30(36)23-37(22-29-33-13-14-34-29)20-25-7-9-26(10-8-25)21-39-24-32(19-28(39)31(40)41)11-16-38(17-12-32)27-5-3-2-4-6-27/h7-10,13-15,18,27-28H,2-6,11-12,16-17,19-24H2,1H3,(H,33,34)(H,40,41). The summed E-state index contributed by atoms with van der Waals surface area (Å²) in [7, 11) is 2.02. The zero-order valence-corrected chi connectivity index (χ0v) is 24.4. The second-order valence-corrected chi connectivity index (χ2v) is 12.7. The number of hydrogen-bond acceptors (Lipinski definition) is 6. The Hall–Kier alpha value is -3.01. The maximum atomic E-state index is 12.3. The Morgan fingerprint density at radius 2 is 1.78 bits per heavy atom. The first-order valence-corrected chi connectivity index (χ1v) is 15.4. The number of carboxylic acid groups (broad SMARTS) is 1. The molecule has 0 bridgehead atoms. The van der Waals surface area contributed by atoms with E-state index in [1.807, 2.05) is 25.6 Å². The van der Waals surface area contributed by atoms with Crippen molar-refractivity contribution in [3.05, 3.63) is 71.8 Å². The van der Waals surface area contributed by atoms with Crippen molar-refractivity contribution in [1.29, 1.82) is 0 Å². The van der Waals surface area contributed by atoms with Gasteiger partial charge in [-0.2, -0.15) is 0 Å². The number of aryl methyl sites for hydroxylation is 1. The number of benzene rings is 1. The minimum Gasteiger partial charge on any atom is -0.480 e. The predicted molar refractivity (Wildman–Crippen MR) is 158 cm³/mol. The first kappa shape index (κ1) is 28.1. The smallest absolute Gasteiger partial charge is 0.320 e. The van der Waals surface area contributed by atoms with E-state index < -0.39 is 12.0 Å². The molecule has 6 rings (SSSR count). The molecule has 1 aliphatic carbocycles. The van der Waals surface area contributed by atoms with Crippen molar-refractivity contribution < 1.29 is 9.90 Å². The summed E-state index contributed by atoms with van der Waals surface area (Å²) in [5.41, 5.74) is 2.54. The molecule has 9 heteroatoms. The molecule has 2 aromatic heterocycles. The van der Waals surface area contributed by atoms with Crippen LogP contribution >= 0.6 is 0 Å². The second kappa shape index (κ2) is 12.5. The predicted octanol–water partition coefficient (Wildman–Crippen LogP) is 4.42. The molecule has 3 aliphatic rings. The van der Waals surface area contributed by atoms with E-state index in [4.69, 9.17) is 0 Å². The van der Waals surface area contributed by atoms with Crippen LogP contribution in [0.15, 0.2) is 49.1 Å². The van der Waals surface area contributed by atoms with Crippen LogP contribution in [0, 0.1) is 5.41 Å². The van der Waals surface area contributed by atoms with Crippen molar-refractivity contribution in [2.45, 2.75) is 89.6 Å². The van der Waals surface area contributed by atoms with Gasteiger partial charge >= 0.3 is 5.97 Å². The topological polar surface area (TPSA) is 93.5 Å². The first-order valence-electron chi connectivity index (χ1n) is 15.4. The van der Waals surface area contributed by atoms with Crippen LogP contribution in [-0.2, 0) is 38.0 Å². The number of carbonyl (C=O) groups is 1. The lowest BCUT2D eigenvalue weighted by Gasteiger charge is -2.43. The molecule has 1 unspecified atom stereocenters. The maximum absolute atomic E-state index is 12.3. The number of aromatic nitrogens is 4. The number of aliphatic carboxylic acids is 1. The van der Waals surface area contributed by atoms with Gasteiger partial charge in [-0.3, -0.25) is 14.6 Å². The number of nitrogens with zero attached hydrogens (tertiary/aromatic N) is 6. The van der Waals surface area contributed by atoms with Crippen molar-refractivity contribution in [3.8, 4) is 0 Å². The Labute approximate surface area is 243 Å². The molecule has 2 aliphatic heterocycles. The lowest BCUT2D eigenvalue weighted by Crippen LogP contribution is -2.46. The summed E-state index contributed by atoms with van der Waals surface area (Å²) < 4.78 is 2.06. The summed E-state index contributed by atoms with van der Waals surface area (Å²) in [6.07, 6.45) is 17.3. The summed E-state index contributed by atoms with van der Waals surface area (Å²) in [6, 6.07) is 9.09. The van der Waals surface area contributed by atoms with E-state index in [1.54, 1.807) is 6.20 Å². The van der Waals surface area contributed by atoms with E-state index in [9.17, 15) is 9.90 Å². The normalized spacial score (nSPS) is 22.1. The third kappa shape index (κ3) is 6.74. The molecule has 1 spiro atoms. The van der Waals surface area contributed by atoms with E-state index in [1.165, 1.54) is 43.2 Å². The Morgan fingerprint density at radius 3 is 2.44 bits per heavy atom. The van der Waals surface area contributed by atoms with Crippen LogP contribution in [0.1, 0.15) is 74.1 Å². The minimum absolute atomic E-state index is 0.144. The monoisotopic (exact) mass is 559 g/mol. The van der Waals surface area contributed by atoms with E-state index in [0.717, 1.165) is 69.7 Å². The van der Waals surface area contributed by atoms with Gasteiger partial charge in [0.05, 0.1) is 13.1 Å². The second-order valence-electron chi connectivity index (χ2n) is 12.7. The summed E-state index contributed by atoms with van der Waals surface area (Å²) in [5, 5.41) is 10.1. The fraction of sp³-hybridized carbons (Fsp3) is 0.594. The summed E-state index contributed by atoms with van der Waals surface area (Å²) in [6.45, 7) is 6.05. The van der Waals surface area contributed by atoms with Crippen LogP contribution in [0.2, 0.25) is 0 Å². The number of nitrogens with one attached hydrogen (secondary N) is 1. The largest absolute Gasteiger partial charge is 0.480 e. The zero-order valence-electron chi connectivity index (χ0n) is 24.4. The molecule has 1 saturated carbocycles. The molecule has 2 saturated heterocycles. The van der Waals surface area contributed by atoms with Gasteiger partial charge in [0.1, 0.15) is 17.7 Å². The average Bonchev–Trinajstić information content (AvgIpc) is 3.72. The average molecular weight is 560 g/mol. The molecule has 0 amide bonds. The number of H-pyrrole nitrogens is 1. The highest BCUT2D eigenvalue weighted by Crippen LogP contribution is 2.45. The van der Waals surface area contributed by atoms with E-state index >= 15 is 0 Å². The Balaban J connectivity index is 1.08. The Bertz CT molecular complexity index is 1260. The SMILES string of the molecule is Cn1ccnc1CN(Cc1ccc(CN2CC3(CCN(C4CCCCC4)CC3)CC2C(=O)O)cc1)Cc1ncc[nH]1. The molecule has 1 aromatic carbocycles. The van der Waals surface area contributed by atoms with Gasteiger partial charge in [0, 0.05) is 57.5 Å². The molecule has 4 heterocycles. The highest BCUT2D eigenvalue weighted by atomic mass is 16.4. The number of piperidine rings is 1. The molecule has 3 aromatic rings. The maximum Gasteiger partial charge on any atom is 0.320 e. The number of rotatable bonds is 10. The highest BCUT2D eigenvalue weighted by molar-refractivity contribution is 5.74. The van der Waals surface area contributed by atoms with Crippen LogP contribution in [-0.4, -0.2) is 77.0 Å². The van der Waals surface area contributed by atoms with Crippen LogP contribution in [0.25, 0.3) is 0 Å². The van der Waals surface area contributed by atoms with Crippen molar-refractivity contribution >= 4 is 5.97 Å². The van der Waals surface area contributed by atoms with Crippen molar-refractivity contribution in [1.82, 2.24) is 34.2 Å².